The molecule has 0 unspecified atom stereocenters. The number of hydrogen-bond donors (Lipinski definition) is 1. The molecule has 0 radical (unpaired) electrons. The van der Waals surface area contributed by atoms with E-state index in [1.165, 1.54) is 38.0 Å². The molecule has 0 aliphatic heterocycles. The van der Waals surface area contributed by atoms with Crippen molar-refractivity contribution < 1.29 is 4.79 Å². The zero-order valence-electron chi connectivity index (χ0n) is 7.94. The maximum atomic E-state index is 11.5. The van der Waals surface area contributed by atoms with Crippen LogP contribution < -0.4 is 5.32 Å². The van der Waals surface area contributed by atoms with Crippen molar-refractivity contribution in [2.75, 3.05) is 6.54 Å². The highest BCUT2D eigenvalue weighted by atomic mass is 16.1. The SMILES string of the molecule is O=C(NCC1CCC1)c1cncnc1. The Hall–Kier alpha value is -1.45. The summed E-state index contributed by atoms with van der Waals surface area (Å²) in [7, 11) is 0. The van der Waals surface area contributed by atoms with E-state index in [-0.39, 0.29) is 5.91 Å². The molecule has 2 rings (SSSR count). The van der Waals surface area contributed by atoms with Gasteiger partial charge >= 0.3 is 0 Å². The minimum Gasteiger partial charge on any atom is -0.352 e. The summed E-state index contributed by atoms with van der Waals surface area (Å²) in [5.41, 5.74) is 0.534. The third-order valence-corrected chi connectivity index (χ3v) is 2.60. The Morgan fingerprint density at radius 2 is 2.14 bits per heavy atom. The van der Waals surface area contributed by atoms with Gasteiger partial charge in [0.1, 0.15) is 6.33 Å². The minimum atomic E-state index is -0.0718. The molecule has 4 heteroatoms. The average Bonchev–Trinajstić information content (AvgIpc) is 2.16. The Kier molecular flexibility index (Phi) is 2.72. The number of aromatic nitrogens is 2. The number of carbonyl (C=O) groups is 1. The number of hydrogen-bond acceptors (Lipinski definition) is 3. The molecule has 0 aromatic carbocycles. The molecule has 0 atom stereocenters. The Morgan fingerprint density at radius 3 is 2.71 bits per heavy atom. The topological polar surface area (TPSA) is 54.9 Å². The van der Waals surface area contributed by atoms with Crippen LogP contribution >= 0.6 is 0 Å². The van der Waals surface area contributed by atoms with Crippen molar-refractivity contribution in [1.82, 2.24) is 15.3 Å². The van der Waals surface area contributed by atoms with E-state index in [0.29, 0.717) is 11.5 Å². The van der Waals surface area contributed by atoms with E-state index < -0.39 is 0 Å². The van der Waals surface area contributed by atoms with Gasteiger partial charge in [0.15, 0.2) is 0 Å². The van der Waals surface area contributed by atoms with E-state index in [0.717, 1.165) is 6.54 Å². The normalized spacial score (nSPS) is 16.0. The summed E-state index contributed by atoms with van der Waals surface area (Å²) in [5.74, 6) is 0.612. The van der Waals surface area contributed by atoms with Crippen molar-refractivity contribution in [2.45, 2.75) is 19.3 Å². The van der Waals surface area contributed by atoms with Crippen molar-refractivity contribution in [3.63, 3.8) is 0 Å². The molecule has 0 saturated heterocycles. The highest BCUT2D eigenvalue weighted by Gasteiger charge is 2.18. The van der Waals surface area contributed by atoms with Crippen LogP contribution in [-0.2, 0) is 0 Å². The first-order valence-electron chi connectivity index (χ1n) is 4.89. The van der Waals surface area contributed by atoms with Crippen LogP contribution in [-0.4, -0.2) is 22.4 Å². The first kappa shape index (κ1) is 9.12. The van der Waals surface area contributed by atoms with E-state index in [1.807, 2.05) is 0 Å². The van der Waals surface area contributed by atoms with Crippen LogP contribution in [0, 0.1) is 5.92 Å². The predicted octanol–water partition coefficient (Wildman–Crippen LogP) is 1.01. The lowest BCUT2D eigenvalue weighted by Gasteiger charge is -2.25. The van der Waals surface area contributed by atoms with E-state index in [1.54, 1.807) is 0 Å². The number of nitrogens with one attached hydrogen (secondary N) is 1. The van der Waals surface area contributed by atoms with Gasteiger partial charge in [0.05, 0.1) is 5.56 Å². The number of nitrogens with zero attached hydrogens (tertiary/aromatic N) is 2. The Bertz CT molecular complexity index is 308. The Labute approximate surface area is 82.8 Å². The van der Waals surface area contributed by atoms with Gasteiger partial charge in [-0.05, 0) is 18.8 Å². The lowest BCUT2D eigenvalue weighted by molar-refractivity contribution is 0.0938. The summed E-state index contributed by atoms with van der Waals surface area (Å²) < 4.78 is 0. The molecule has 1 heterocycles. The summed E-state index contributed by atoms with van der Waals surface area (Å²) in [4.78, 5) is 19.1. The number of amides is 1. The third kappa shape index (κ3) is 2.07. The molecule has 0 bridgehead atoms. The summed E-state index contributed by atoms with van der Waals surface area (Å²) >= 11 is 0. The van der Waals surface area contributed by atoms with Crippen LogP contribution in [0.2, 0.25) is 0 Å². The molecule has 1 aliphatic rings. The van der Waals surface area contributed by atoms with Crippen LogP contribution in [0.25, 0.3) is 0 Å². The second-order valence-corrected chi connectivity index (χ2v) is 3.63. The van der Waals surface area contributed by atoms with Crippen molar-refractivity contribution in [3.8, 4) is 0 Å². The van der Waals surface area contributed by atoms with Crippen LogP contribution in [0.1, 0.15) is 29.6 Å². The summed E-state index contributed by atoms with van der Waals surface area (Å²) in [6, 6.07) is 0. The van der Waals surface area contributed by atoms with Gasteiger partial charge in [0, 0.05) is 18.9 Å². The van der Waals surface area contributed by atoms with Gasteiger partial charge in [-0.3, -0.25) is 4.79 Å². The third-order valence-electron chi connectivity index (χ3n) is 2.60. The second kappa shape index (κ2) is 4.17. The zero-order chi connectivity index (χ0) is 9.80. The minimum absolute atomic E-state index is 0.0718. The molecule has 0 spiro atoms. The molecule has 14 heavy (non-hydrogen) atoms. The van der Waals surface area contributed by atoms with Crippen LogP contribution in [0.15, 0.2) is 18.7 Å². The van der Waals surface area contributed by atoms with Gasteiger partial charge in [-0.25, -0.2) is 9.97 Å². The zero-order valence-corrected chi connectivity index (χ0v) is 7.94. The fraction of sp³-hybridized carbons (Fsp3) is 0.500. The number of rotatable bonds is 3. The smallest absolute Gasteiger partial charge is 0.254 e. The van der Waals surface area contributed by atoms with Gasteiger partial charge in [0.25, 0.3) is 5.91 Å². The van der Waals surface area contributed by atoms with Crippen molar-refractivity contribution in [2.24, 2.45) is 5.92 Å². The molecule has 1 aromatic heterocycles. The molecule has 1 fully saturated rings. The molecular formula is C10H13N3O. The second-order valence-electron chi connectivity index (χ2n) is 3.63. The Morgan fingerprint density at radius 1 is 1.43 bits per heavy atom. The summed E-state index contributed by atoms with van der Waals surface area (Å²) in [5, 5.41) is 2.88. The molecule has 1 amide bonds. The summed E-state index contributed by atoms with van der Waals surface area (Å²) in [6.07, 6.45) is 8.26. The molecule has 4 nitrogen and oxygen atoms in total. The lowest BCUT2D eigenvalue weighted by Crippen LogP contribution is -2.32. The van der Waals surface area contributed by atoms with E-state index in [2.05, 4.69) is 15.3 Å². The van der Waals surface area contributed by atoms with E-state index in [4.69, 9.17) is 0 Å². The van der Waals surface area contributed by atoms with Gasteiger partial charge in [-0.15, -0.1) is 0 Å². The summed E-state index contributed by atoms with van der Waals surface area (Å²) in [6.45, 7) is 0.785. The van der Waals surface area contributed by atoms with Crippen LogP contribution in [0.5, 0.6) is 0 Å². The molecule has 1 aliphatic carbocycles. The highest BCUT2D eigenvalue weighted by molar-refractivity contribution is 5.93. The van der Waals surface area contributed by atoms with Crippen LogP contribution in [0.4, 0.5) is 0 Å². The van der Waals surface area contributed by atoms with Gasteiger partial charge in [-0.1, -0.05) is 6.42 Å². The largest absolute Gasteiger partial charge is 0.352 e. The van der Waals surface area contributed by atoms with Gasteiger partial charge in [-0.2, -0.15) is 0 Å². The van der Waals surface area contributed by atoms with E-state index >= 15 is 0 Å². The molecule has 1 saturated carbocycles. The molecule has 74 valence electrons. The molecule has 1 N–H and O–H groups in total. The fourth-order valence-electron chi connectivity index (χ4n) is 1.45. The monoisotopic (exact) mass is 191 g/mol. The fourth-order valence-corrected chi connectivity index (χ4v) is 1.45. The highest BCUT2D eigenvalue weighted by Crippen LogP contribution is 2.25. The van der Waals surface area contributed by atoms with Gasteiger partial charge in [0.2, 0.25) is 0 Å². The molecular weight excluding hydrogens is 178 g/mol. The quantitative estimate of drug-likeness (QED) is 0.775. The maximum absolute atomic E-state index is 11.5. The van der Waals surface area contributed by atoms with E-state index in [9.17, 15) is 4.79 Å². The van der Waals surface area contributed by atoms with Crippen molar-refractivity contribution in [1.29, 1.82) is 0 Å². The first-order chi connectivity index (χ1) is 6.86. The molecule has 1 aromatic rings. The average molecular weight is 191 g/mol. The number of carbonyl (C=O) groups excluding carboxylic acids is 1. The lowest BCUT2D eigenvalue weighted by atomic mass is 9.85. The van der Waals surface area contributed by atoms with Crippen molar-refractivity contribution in [3.05, 3.63) is 24.3 Å². The maximum Gasteiger partial charge on any atom is 0.254 e. The van der Waals surface area contributed by atoms with Crippen molar-refractivity contribution >= 4 is 5.91 Å². The standard InChI is InChI=1S/C10H13N3O/c14-10(9-5-11-7-12-6-9)13-4-8-2-1-3-8/h5-8H,1-4H2,(H,13,14). The predicted molar refractivity (Wildman–Crippen MR) is 51.7 cm³/mol. The van der Waals surface area contributed by atoms with Gasteiger partial charge < -0.3 is 5.32 Å². The van der Waals surface area contributed by atoms with Crippen LogP contribution in [0.3, 0.4) is 0 Å². The Balaban J connectivity index is 1.83. The first-order valence-corrected chi connectivity index (χ1v) is 4.89.